The Labute approximate surface area is 206 Å². The number of carbonyl (C=O) groups is 1. The fourth-order valence-corrected chi connectivity index (χ4v) is 4.76. The fourth-order valence-electron chi connectivity index (χ4n) is 4.20. The molecule has 34 heavy (non-hydrogen) atoms. The Hall–Kier alpha value is -3.68. The van der Waals surface area contributed by atoms with Crippen molar-refractivity contribution in [3.8, 4) is 11.3 Å². The van der Waals surface area contributed by atoms with E-state index in [0.29, 0.717) is 27.2 Å². The van der Waals surface area contributed by atoms with Crippen LogP contribution in [0.5, 0.6) is 0 Å². The molecule has 1 aliphatic rings. The van der Waals surface area contributed by atoms with Gasteiger partial charge in [-0.3, -0.25) is 4.98 Å². The van der Waals surface area contributed by atoms with Gasteiger partial charge in [-0.05, 0) is 79.3 Å². The van der Waals surface area contributed by atoms with Crippen LogP contribution < -0.4 is 10.2 Å². The Morgan fingerprint density at radius 3 is 2.71 bits per heavy atom. The van der Waals surface area contributed by atoms with E-state index in [4.69, 9.17) is 28.2 Å². The first-order valence-electron chi connectivity index (χ1n) is 10.6. The molecule has 0 bridgehead atoms. The molecule has 1 saturated heterocycles. The van der Waals surface area contributed by atoms with Crippen molar-refractivity contribution in [2.75, 3.05) is 4.90 Å². The van der Waals surface area contributed by atoms with Crippen molar-refractivity contribution in [2.45, 2.75) is 19.0 Å². The summed E-state index contributed by atoms with van der Waals surface area (Å²) in [6.07, 6.45) is 1.75. The second-order valence-corrected chi connectivity index (χ2v) is 8.83. The third-order valence-electron chi connectivity index (χ3n) is 5.77. The topological polar surface area (TPSA) is 78.6 Å². The Kier molecular flexibility index (Phi) is 5.81. The highest BCUT2D eigenvalue weighted by Gasteiger charge is 2.42. The van der Waals surface area contributed by atoms with Crippen molar-refractivity contribution in [2.24, 2.45) is 0 Å². The van der Waals surface area contributed by atoms with E-state index in [1.807, 2.05) is 54.3 Å². The zero-order chi connectivity index (χ0) is 23.8. The van der Waals surface area contributed by atoms with Gasteiger partial charge in [0.05, 0.1) is 22.3 Å². The van der Waals surface area contributed by atoms with Crippen molar-refractivity contribution in [1.29, 1.82) is 0 Å². The minimum absolute atomic E-state index is 0.133. The molecule has 0 saturated carbocycles. The maximum absolute atomic E-state index is 11.5. The van der Waals surface area contributed by atoms with Crippen molar-refractivity contribution >= 4 is 40.6 Å². The lowest BCUT2D eigenvalue weighted by molar-refractivity contribution is 0.0697. The van der Waals surface area contributed by atoms with Gasteiger partial charge >= 0.3 is 5.97 Å². The van der Waals surface area contributed by atoms with E-state index in [0.717, 1.165) is 16.9 Å². The molecule has 2 atom stereocenters. The number of halogens is 1. The molecule has 4 aromatic rings. The van der Waals surface area contributed by atoms with Gasteiger partial charge in [-0.15, -0.1) is 0 Å². The molecule has 0 amide bonds. The maximum Gasteiger partial charge on any atom is 0.335 e. The number of rotatable bonds is 5. The maximum atomic E-state index is 11.5. The van der Waals surface area contributed by atoms with Crippen molar-refractivity contribution < 1.29 is 14.3 Å². The van der Waals surface area contributed by atoms with E-state index >= 15 is 0 Å². The van der Waals surface area contributed by atoms with Gasteiger partial charge in [-0.2, -0.15) is 0 Å². The monoisotopic (exact) mass is 489 g/mol. The van der Waals surface area contributed by atoms with E-state index < -0.39 is 5.97 Å². The van der Waals surface area contributed by atoms with Gasteiger partial charge in [0.1, 0.15) is 17.6 Å². The number of carboxylic acids is 1. The Bertz CT molecular complexity index is 1390. The van der Waals surface area contributed by atoms with Crippen molar-refractivity contribution in [3.63, 3.8) is 0 Å². The number of nitrogens with one attached hydrogen (secondary N) is 1. The minimum atomic E-state index is -1.03. The quantitative estimate of drug-likeness (QED) is 0.324. The molecule has 0 spiro atoms. The molecule has 1 fully saturated rings. The molecule has 0 aliphatic carbocycles. The second kappa shape index (κ2) is 8.93. The number of nitrogens with zero attached hydrogens (tertiary/aromatic N) is 2. The van der Waals surface area contributed by atoms with Gasteiger partial charge in [0.25, 0.3) is 0 Å². The summed E-state index contributed by atoms with van der Waals surface area (Å²) in [5.74, 6) is 0.0945. The normalized spacial score (nSPS) is 17.6. The Morgan fingerprint density at radius 1 is 1.12 bits per heavy atom. The number of anilines is 1. The summed E-state index contributed by atoms with van der Waals surface area (Å²) in [6.45, 7) is 2.03. The highest BCUT2D eigenvalue weighted by atomic mass is 35.5. The van der Waals surface area contributed by atoms with Crippen LogP contribution in [-0.4, -0.2) is 21.2 Å². The van der Waals surface area contributed by atoms with Crippen LogP contribution in [-0.2, 0) is 0 Å². The SMILES string of the molecule is Cc1cccc(N2C(=S)N[C@H](c3ccccn3)[C@@H]2c2ccc(-c3cc(C(=O)O)ccc3Cl)o2)c1. The summed E-state index contributed by atoms with van der Waals surface area (Å²) in [5.41, 5.74) is 3.52. The van der Waals surface area contributed by atoms with Gasteiger partial charge in [0.15, 0.2) is 5.11 Å². The van der Waals surface area contributed by atoms with E-state index in [1.165, 1.54) is 12.1 Å². The number of hydrogen-bond acceptors (Lipinski definition) is 4. The summed E-state index contributed by atoms with van der Waals surface area (Å²) in [4.78, 5) is 18.0. The lowest BCUT2D eigenvalue weighted by Crippen LogP contribution is -2.29. The average Bonchev–Trinajstić information content (AvgIpc) is 3.44. The fraction of sp³-hybridized carbons (Fsp3) is 0.115. The van der Waals surface area contributed by atoms with E-state index in [-0.39, 0.29) is 17.6 Å². The standard InChI is InChI=1S/C26H20ClN3O3S/c1-15-5-4-6-17(13-15)30-24(23(29-26(30)34)20-7-2-3-12-28-20)22-11-10-21(33-22)18-14-16(25(31)32)8-9-19(18)27/h2-14,23-24H,1H3,(H,29,34)(H,31,32)/t23-,24+/m1/s1. The van der Waals surface area contributed by atoms with Gasteiger partial charge < -0.3 is 19.7 Å². The second-order valence-electron chi connectivity index (χ2n) is 8.04. The number of aromatic nitrogens is 1. The zero-order valence-electron chi connectivity index (χ0n) is 18.1. The Morgan fingerprint density at radius 2 is 1.97 bits per heavy atom. The molecule has 2 aromatic heterocycles. The molecule has 0 radical (unpaired) electrons. The predicted octanol–water partition coefficient (Wildman–Crippen LogP) is 6.18. The van der Waals surface area contributed by atoms with Crippen molar-refractivity contribution in [3.05, 3.63) is 107 Å². The number of carboxylic acid groups (broad SMARTS) is 1. The van der Waals surface area contributed by atoms with E-state index in [2.05, 4.69) is 16.4 Å². The summed E-state index contributed by atoms with van der Waals surface area (Å²) in [7, 11) is 0. The average molecular weight is 490 g/mol. The molecule has 170 valence electrons. The molecule has 2 N–H and O–H groups in total. The van der Waals surface area contributed by atoms with Crippen LogP contribution in [0.15, 0.2) is 83.4 Å². The number of hydrogen-bond donors (Lipinski definition) is 2. The van der Waals surface area contributed by atoms with Crippen LogP contribution in [0.1, 0.15) is 39.5 Å². The predicted molar refractivity (Wildman–Crippen MR) is 135 cm³/mol. The zero-order valence-corrected chi connectivity index (χ0v) is 19.7. The molecule has 2 aromatic carbocycles. The number of furan rings is 1. The largest absolute Gasteiger partial charge is 0.478 e. The number of aromatic carboxylic acids is 1. The number of pyridine rings is 1. The van der Waals surface area contributed by atoms with E-state index in [1.54, 1.807) is 18.3 Å². The lowest BCUT2D eigenvalue weighted by atomic mass is 10.0. The van der Waals surface area contributed by atoms with Crippen LogP contribution in [0.3, 0.4) is 0 Å². The summed E-state index contributed by atoms with van der Waals surface area (Å²) < 4.78 is 6.30. The smallest absolute Gasteiger partial charge is 0.335 e. The molecule has 1 aliphatic heterocycles. The first kappa shape index (κ1) is 22.1. The van der Waals surface area contributed by atoms with Crippen LogP contribution in [0.25, 0.3) is 11.3 Å². The van der Waals surface area contributed by atoms with Gasteiger partial charge in [0, 0.05) is 17.4 Å². The highest BCUT2D eigenvalue weighted by molar-refractivity contribution is 7.80. The molecule has 0 unspecified atom stereocenters. The molecule has 3 heterocycles. The van der Waals surface area contributed by atoms with E-state index in [9.17, 15) is 9.90 Å². The third-order valence-corrected chi connectivity index (χ3v) is 6.42. The lowest BCUT2D eigenvalue weighted by Gasteiger charge is -2.26. The molecule has 5 rings (SSSR count). The third kappa shape index (κ3) is 4.04. The molecule has 6 nitrogen and oxygen atoms in total. The van der Waals surface area contributed by atoms with Crippen LogP contribution in [0.2, 0.25) is 5.02 Å². The number of benzene rings is 2. The Balaban J connectivity index is 1.61. The van der Waals surface area contributed by atoms with Crippen LogP contribution in [0.4, 0.5) is 5.69 Å². The minimum Gasteiger partial charge on any atom is -0.478 e. The van der Waals surface area contributed by atoms with Gasteiger partial charge in [0.2, 0.25) is 0 Å². The molecule has 8 heteroatoms. The summed E-state index contributed by atoms with van der Waals surface area (Å²) >= 11 is 12.1. The number of aryl methyl sites for hydroxylation is 1. The van der Waals surface area contributed by atoms with Crippen molar-refractivity contribution in [1.82, 2.24) is 10.3 Å². The van der Waals surface area contributed by atoms with Crippen LogP contribution in [0, 0.1) is 6.92 Å². The summed E-state index contributed by atoms with van der Waals surface area (Å²) in [6, 6.07) is 21.5. The summed E-state index contributed by atoms with van der Waals surface area (Å²) in [5, 5.41) is 13.8. The molecular formula is C26H20ClN3O3S. The molecular weight excluding hydrogens is 470 g/mol. The van der Waals surface area contributed by atoms with Crippen LogP contribution >= 0.6 is 23.8 Å². The first-order chi connectivity index (χ1) is 16.4. The first-order valence-corrected chi connectivity index (χ1v) is 11.4. The number of thiocarbonyl (C=S) groups is 1. The highest BCUT2D eigenvalue weighted by Crippen LogP contribution is 2.43. The van der Waals surface area contributed by atoms with Gasteiger partial charge in [-0.1, -0.05) is 29.8 Å². The van der Waals surface area contributed by atoms with Gasteiger partial charge in [-0.25, -0.2) is 4.79 Å².